The molecule has 3 aromatic rings. The number of nitrogens with one attached hydrogen (secondary N) is 1. The average Bonchev–Trinajstić information content (AvgIpc) is 3.22. The van der Waals surface area contributed by atoms with E-state index in [1.54, 1.807) is 12.3 Å². The van der Waals surface area contributed by atoms with E-state index in [4.69, 9.17) is 0 Å². The van der Waals surface area contributed by atoms with Crippen molar-refractivity contribution in [3.63, 3.8) is 0 Å². The number of fused-ring (bicyclic) bond motifs is 5. The molecule has 6 nitrogen and oxygen atoms in total. The number of amides is 2. The molecule has 1 saturated carbocycles. The first-order valence-corrected chi connectivity index (χ1v) is 10.9. The molecule has 0 saturated heterocycles. The molecule has 1 fully saturated rings. The Labute approximate surface area is 180 Å². The molecule has 1 aromatic carbocycles. The lowest BCUT2D eigenvalue weighted by Crippen LogP contribution is -2.40. The Bertz CT molecular complexity index is 1280. The number of anilines is 1. The molecule has 6 heteroatoms. The Kier molecular flexibility index (Phi) is 3.88. The summed E-state index contributed by atoms with van der Waals surface area (Å²) in [5.74, 6) is 0.744. The molecule has 2 aliphatic heterocycles. The van der Waals surface area contributed by atoms with E-state index in [1.807, 2.05) is 17.0 Å². The van der Waals surface area contributed by atoms with E-state index in [-0.39, 0.29) is 11.8 Å². The van der Waals surface area contributed by atoms with Gasteiger partial charge in [0.2, 0.25) is 11.8 Å². The highest BCUT2D eigenvalue weighted by Crippen LogP contribution is 2.50. The lowest BCUT2D eigenvalue weighted by atomic mass is 9.65. The van der Waals surface area contributed by atoms with Gasteiger partial charge in [-0.2, -0.15) is 0 Å². The average molecular weight is 412 g/mol. The zero-order chi connectivity index (χ0) is 21.2. The van der Waals surface area contributed by atoms with Gasteiger partial charge in [0.1, 0.15) is 5.82 Å². The second kappa shape index (κ2) is 6.54. The van der Waals surface area contributed by atoms with Crippen molar-refractivity contribution in [1.29, 1.82) is 0 Å². The molecule has 4 heterocycles. The molecular weight excluding hydrogens is 388 g/mol. The van der Waals surface area contributed by atoms with Crippen molar-refractivity contribution in [2.24, 2.45) is 7.05 Å². The molecule has 3 aliphatic rings. The van der Waals surface area contributed by atoms with Gasteiger partial charge in [-0.05, 0) is 48.6 Å². The Hall–Kier alpha value is -3.41. The highest BCUT2D eigenvalue weighted by Gasteiger charge is 2.51. The van der Waals surface area contributed by atoms with Crippen molar-refractivity contribution in [3.8, 4) is 0 Å². The number of pyridine rings is 1. The first kappa shape index (κ1) is 18.4. The number of para-hydroxylation sites is 1. The summed E-state index contributed by atoms with van der Waals surface area (Å²) in [6.45, 7) is 1.34. The summed E-state index contributed by atoms with van der Waals surface area (Å²) in [5, 5.41) is 4.20. The summed E-state index contributed by atoms with van der Waals surface area (Å²) in [5.41, 5.74) is 5.23. The fourth-order valence-corrected chi connectivity index (χ4v) is 5.39. The highest BCUT2D eigenvalue weighted by molar-refractivity contribution is 6.06. The zero-order valence-electron chi connectivity index (χ0n) is 17.5. The van der Waals surface area contributed by atoms with E-state index in [1.165, 1.54) is 22.2 Å². The Morgan fingerprint density at radius 1 is 1.26 bits per heavy atom. The van der Waals surface area contributed by atoms with E-state index >= 15 is 0 Å². The third-order valence-electron chi connectivity index (χ3n) is 7.34. The molecule has 0 radical (unpaired) electrons. The number of nitrogens with zero attached hydrogens (tertiary/aromatic N) is 3. The topological polar surface area (TPSA) is 67.2 Å². The van der Waals surface area contributed by atoms with Gasteiger partial charge in [0.15, 0.2) is 0 Å². The maximum Gasteiger partial charge on any atom is 0.246 e. The summed E-state index contributed by atoms with van der Waals surface area (Å²) in [7, 11) is 2.08. The maximum absolute atomic E-state index is 12.9. The number of hydrogen-bond acceptors (Lipinski definition) is 3. The third-order valence-corrected chi connectivity index (χ3v) is 7.34. The van der Waals surface area contributed by atoms with Gasteiger partial charge in [0.25, 0.3) is 0 Å². The Morgan fingerprint density at radius 3 is 2.90 bits per heavy atom. The number of aryl methyl sites for hydroxylation is 1. The Balaban J connectivity index is 1.23. The second-order valence-electron chi connectivity index (χ2n) is 8.90. The molecule has 2 aromatic heterocycles. The van der Waals surface area contributed by atoms with Crippen molar-refractivity contribution in [2.45, 2.75) is 37.6 Å². The van der Waals surface area contributed by atoms with Crippen LogP contribution in [-0.2, 0) is 35.0 Å². The zero-order valence-corrected chi connectivity index (χ0v) is 17.5. The molecule has 0 bridgehead atoms. The molecule has 1 N–H and O–H groups in total. The molecule has 1 spiro atoms. The van der Waals surface area contributed by atoms with Gasteiger partial charge in [-0.1, -0.05) is 24.6 Å². The molecule has 2 amide bonds. The fourth-order valence-electron chi connectivity index (χ4n) is 5.39. The number of aromatic nitrogens is 2. The highest BCUT2D eigenvalue weighted by atomic mass is 16.2. The SMILES string of the molecule is Cn1c2c(c3ccccc31)CCN(C(=O)/C=C/c1cnc3c(c1)C1(CCC1)C(=O)N3)C2. The van der Waals surface area contributed by atoms with Crippen LogP contribution in [0, 0.1) is 0 Å². The first-order valence-electron chi connectivity index (χ1n) is 10.9. The number of carbonyl (C=O) groups excluding carboxylic acids is 2. The minimum atomic E-state index is -0.395. The van der Waals surface area contributed by atoms with Gasteiger partial charge >= 0.3 is 0 Å². The van der Waals surface area contributed by atoms with E-state index in [9.17, 15) is 9.59 Å². The van der Waals surface area contributed by atoms with E-state index in [2.05, 4.69) is 46.2 Å². The molecule has 1 aliphatic carbocycles. The van der Waals surface area contributed by atoms with Crippen molar-refractivity contribution in [3.05, 3.63) is 65.0 Å². The predicted octanol–water partition coefficient (Wildman–Crippen LogP) is 3.55. The van der Waals surface area contributed by atoms with Gasteiger partial charge in [-0.3, -0.25) is 9.59 Å². The molecule has 0 atom stereocenters. The van der Waals surface area contributed by atoms with Crippen LogP contribution in [0.2, 0.25) is 0 Å². The van der Waals surface area contributed by atoms with Crippen LogP contribution in [-0.4, -0.2) is 32.8 Å². The predicted molar refractivity (Wildman–Crippen MR) is 119 cm³/mol. The Morgan fingerprint density at radius 2 is 2.10 bits per heavy atom. The molecule has 6 rings (SSSR count). The van der Waals surface area contributed by atoms with Gasteiger partial charge in [0.05, 0.1) is 12.0 Å². The molecule has 0 unspecified atom stereocenters. The van der Waals surface area contributed by atoms with Crippen molar-refractivity contribution in [2.75, 3.05) is 11.9 Å². The number of benzene rings is 1. The first-order chi connectivity index (χ1) is 15.1. The summed E-state index contributed by atoms with van der Waals surface area (Å²) >= 11 is 0. The van der Waals surface area contributed by atoms with Crippen LogP contribution in [0.4, 0.5) is 5.82 Å². The number of rotatable bonds is 2. The van der Waals surface area contributed by atoms with Crippen molar-refractivity contribution in [1.82, 2.24) is 14.5 Å². The largest absolute Gasteiger partial charge is 0.346 e. The van der Waals surface area contributed by atoms with E-state index in [0.717, 1.165) is 36.8 Å². The molecule has 156 valence electrons. The minimum absolute atomic E-state index is 0.00367. The van der Waals surface area contributed by atoms with Crippen molar-refractivity contribution >= 4 is 34.6 Å². The van der Waals surface area contributed by atoms with Gasteiger partial charge in [-0.15, -0.1) is 0 Å². The number of carbonyl (C=O) groups is 2. The van der Waals surface area contributed by atoms with E-state index < -0.39 is 5.41 Å². The molecular formula is C25H24N4O2. The normalized spacial score (nSPS) is 18.9. The van der Waals surface area contributed by atoms with Crippen LogP contribution in [0.25, 0.3) is 17.0 Å². The summed E-state index contributed by atoms with van der Waals surface area (Å²) in [4.78, 5) is 31.6. The monoisotopic (exact) mass is 412 g/mol. The summed E-state index contributed by atoms with van der Waals surface area (Å²) < 4.78 is 2.21. The number of hydrogen-bond donors (Lipinski definition) is 1. The maximum atomic E-state index is 12.9. The smallest absolute Gasteiger partial charge is 0.246 e. The van der Waals surface area contributed by atoms with Crippen LogP contribution < -0.4 is 5.32 Å². The van der Waals surface area contributed by atoms with Crippen molar-refractivity contribution < 1.29 is 9.59 Å². The summed E-state index contributed by atoms with van der Waals surface area (Å²) in [6.07, 6.45) is 8.86. The fraction of sp³-hybridized carbons (Fsp3) is 0.320. The van der Waals surface area contributed by atoms with Crippen LogP contribution in [0.5, 0.6) is 0 Å². The van der Waals surface area contributed by atoms with Gasteiger partial charge in [0, 0.05) is 48.0 Å². The summed E-state index contributed by atoms with van der Waals surface area (Å²) in [6, 6.07) is 10.4. The van der Waals surface area contributed by atoms with Crippen LogP contribution >= 0.6 is 0 Å². The van der Waals surface area contributed by atoms with E-state index in [0.29, 0.717) is 18.9 Å². The lowest BCUT2D eigenvalue weighted by molar-refractivity contribution is -0.127. The third kappa shape index (κ3) is 2.60. The second-order valence-corrected chi connectivity index (χ2v) is 8.90. The minimum Gasteiger partial charge on any atom is -0.346 e. The molecule has 31 heavy (non-hydrogen) atoms. The van der Waals surface area contributed by atoms with Crippen LogP contribution in [0.1, 0.15) is 41.6 Å². The van der Waals surface area contributed by atoms with Crippen LogP contribution in [0.3, 0.4) is 0 Å². The lowest BCUT2D eigenvalue weighted by Gasteiger charge is -2.35. The standard InChI is InChI=1S/C25H24N4O2/c1-28-20-6-3-2-5-17(20)18-9-12-29(15-21(18)28)22(30)8-7-16-13-19-23(26-14-16)27-24(31)25(19)10-4-11-25/h2-3,5-8,13-14H,4,9-12,15H2,1H3,(H,26,27,31)/b8-7+. The van der Waals surface area contributed by atoms with Gasteiger partial charge < -0.3 is 14.8 Å². The van der Waals surface area contributed by atoms with Crippen LogP contribution in [0.15, 0.2) is 42.6 Å². The van der Waals surface area contributed by atoms with Gasteiger partial charge in [-0.25, -0.2) is 4.98 Å². The quantitative estimate of drug-likeness (QED) is 0.655.